The van der Waals surface area contributed by atoms with Crippen LogP contribution < -0.4 is 10.5 Å². The predicted octanol–water partition coefficient (Wildman–Crippen LogP) is 1.69. The van der Waals surface area contributed by atoms with Crippen molar-refractivity contribution < 1.29 is 9.84 Å². The number of ether oxygens (including phenoxy) is 1. The van der Waals surface area contributed by atoms with Crippen LogP contribution in [0.5, 0.6) is 5.75 Å². The lowest BCUT2D eigenvalue weighted by Crippen LogP contribution is -2.39. The number of aliphatic hydroxyl groups is 1. The van der Waals surface area contributed by atoms with Crippen LogP contribution in [-0.2, 0) is 0 Å². The Bertz CT molecular complexity index is 376. The summed E-state index contributed by atoms with van der Waals surface area (Å²) in [5.74, 6) is 1.75. The van der Waals surface area contributed by atoms with E-state index in [-0.39, 0.29) is 6.61 Å². The zero-order valence-electron chi connectivity index (χ0n) is 11.9. The molecule has 0 spiro atoms. The predicted molar refractivity (Wildman–Crippen MR) is 82.8 cm³/mol. The number of hydrogen-bond donors (Lipinski definition) is 2. The number of nitrogen functional groups attached to an aromatic ring is 1. The van der Waals surface area contributed by atoms with Crippen LogP contribution in [0.1, 0.15) is 6.92 Å². The number of nitrogens with zero attached hydrogens (tertiary/aromatic N) is 1. The summed E-state index contributed by atoms with van der Waals surface area (Å²) in [6, 6.07) is 7.68. The summed E-state index contributed by atoms with van der Waals surface area (Å²) >= 11 is 1.81. The Morgan fingerprint density at radius 2 is 2.21 bits per heavy atom. The van der Waals surface area contributed by atoms with Gasteiger partial charge in [0.05, 0.1) is 0 Å². The molecule has 0 radical (unpaired) electrons. The average molecular weight is 284 g/mol. The van der Waals surface area contributed by atoms with E-state index >= 15 is 0 Å². The molecule has 0 bridgehead atoms. The number of nitrogens with two attached hydrogens (primary N) is 1. The highest BCUT2D eigenvalue weighted by atomic mass is 32.2. The van der Waals surface area contributed by atoms with Gasteiger partial charge in [0, 0.05) is 30.1 Å². The molecule has 1 aromatic carbocycles. The van der Waals surface area contributed by atoms with Gasteiger partial charge in [0.2, 0.25) is 0 Å². The van der Waals surface area contributed by atoms with Crippen LogP contribution in [0.2, 0.25) is 0 Å². The highest BCUT2D eigenvalue weighted by Gasteiger charge is 2.14. The van der Waals surface area contributed by atoms with Gasteiger partial charge in [0.25, 0.3) is 0 Å². The van der Waals surface area contributed by atoms with Gasteiger partial charge in [-0.25, -0.2) is 0 Å². The fourth-order valence-corrected chi connectivity index (χ4v) is 2.47. The van der Waals surface area contributed by atoms with Crippen molar-refractivity contribution in [1.29, 1.82) is 0 Å². The highest BCUT2D eigenvalue weighted by molar-refractivity contribution is 7.98. The first-order chi connectivity index (χ1) is 9.02. The zero-order chi connectivity index (χ0) is 14.3. The number of likely N-dealkylation sites (N-methyl/N-ethyl adjacent to an activating group) is 1. The Labute approximate surface area is 119 Å². The monoisotopic (exact) mass is 284 g/mol. The van der Waals surface area contributed by atoms with Crippen LogP contribution in [0.3, 0.4) is 0 Å². The van der Waals surface area contributed by atoms with Crippen molar-refractivity contribution >= 4 is 17.4 Å². The first kappa shape index (κ1) is 16.1. The van der Waals surface area contributed by atoms with E-state index in [0.717, 1.165) is 5.75 Å². The van der Waals surface area contributed by atoms with Gasteiger partial charge < -0.3 is 20.5 Å². The lowest BCUT2D eigenvalue weighted by atomic mass is 10.3. The van der Waals surface area contributed by atoms with E-state index in [2.05, 4.69) is 18.1 Å². The van der Waals surface area contributed by atoms with Gasteiger partial charge in [-0.3, -0.25) is 0 Å². The minimum absolute atomic E-state index is 0.278. The van der Waals surface area contributed by atoms with Crippen molar-refractivity contribution in [3.63, 3.8) is 0 Å². The molecule has 0 fully saturated rings. The smallest absolute Gasteiger partial charge is 0.121 e. The lowest BCUT2D eigenvalue weighted by Gasteiger charge is -2.26. The van der Waals surface area contributed by atoms with Crippen LogP contribution in [0.4, 0.5) is 5.69 Å². The van der Waals surface area contributed by atoms with Crippen molar-refractivity contribution in [2.75, 3.05) is 37.9 Å². The second kappa shape index (κ2) is 8.30. The summed E-state index contributed by atoms with van der Waals surface area (Å²) in [5, 5.41) is 9.96. The van der Waals surface area contributed by atoms with Crippen molar-refractivity contribution in [3.05, 3.63) is 24.3 Å². The van der Waals surface area contributed by atoms with Crippen LogP contribution >= 0.6 is 11.8 Å². The van der Waals surface area contributed by atoms with Crippen LogP contribution in [0, 0.1) is 0 Å². The largest absolute Gasteiger partial charge is 0.491 e. The topological polar surface area (TPSA) is 58.7 Å². The maximum absolute atomic E-state index is 9.96. The minimum Gasteiger partial charge on any atom is -0.491 e. The molecular weight excluding hydrogens is 260 g/mol. The second-order valence-corrected chi connectivity index (χ2v) is 5.69. The van der Waals surface area contributed by atoms with E-state index in [4.69, 9.17) is 10.5 Å². The molecule has 0 aliphatic rings. The summed E-state index contributed by atoms with van der Waals surface area (Å²) in [6.45, 7) is 3.03. The van der Waals surface area contributed by atoms with E-state index in [1.165, 1.54) is 0 Å². The third-order valence-electron chi connectivity index (χ3n) is 2.96. The van der Waals surface area contributed by atoms with E-state index in [0.29, 0.717) is 24.0 Å². The van der Waals surface area contributed by atoms with Gasteiger partial charge in [-0.05, 0) is 32.4 Å². The van der Waals surface area contributed by atoms with E-state index < -0.39 is 6.10 Å². The average Bonchev–Trinajstić information content (AvgIpc) is 2.36. The maximum atomic E-state index is 9.96. The first-order valence-electron chi connectivity index (χ1n) is 6.38. The third-order valence-corrected chi connectivity index (χ3v) is 3.78. The fraction of sp³-hybridized carbons (Fsp3) is 0.571. The molecule has 0 saturated heterocycles. The van der Waals surface area contributed by atoms with E-state index in [9.17, 15) is 5.11 Å². The number of hydrogen-bond acceptors (Lipinski definition) is 5. The quantitative estimate of drug-likeness (QED) is 0.712. The van der Waals surface area contributed by atoms with Crippen molar-refractivity contribution in [3.8, 4) is 5.75 Å². The van der Waals surface area contributed by atoms with Crippen LogP contribution in [-0.4, -0.2) is 54.4 Å². The molecule has 0 aliphatic heterocycles. The summed E-state index contributed by atoms with van der Waals surface area (Å²) in [7, 11) is 2.02. The van der Waals surface area contributed by atoms with Gasteiger partial charge in [-0.2, -0.15) is 11.8 Å². The standard InChI is InChI=1S/C14H24N2O2S/c1-11(10-19-3)16(2)8-13(17)9-18-14-6-4-5-12(15)7-14/h4-7,11,13,17H,8-10,15H2,1-3H3. The second-order valence-electron chi connectivity index (χ2n) is 4.78. The van der Waals surface area contributed by atoms with Gasteiger partial charge in [-0.15, -0.1) is 0 Å². The molecule has 2 unspecified atom stereocenters. The number of benzene rings is 1. The maximum Gasteiger partial charge on any atom is 0.121 e. The molecule has 3 N–H and O–H groups in total. The lowest BCUT2D eigenvalue weighted by molar-refractivity contribution is 0.0684. The zero-order valence-corrected chi connectivity index (χ0v) is 12.7. The summed E-state index contributed by atoms with van der Waals surface area (Å²) in [4.78, 5) is 2.14. The first-order valence-corrected chi connectivity index (χ1v) is 7.78. The SMILES string of the molecule is CSCC(C)N(C)CC(O)COc1cccc(N)c1. The molecule has 108 valence electrons. The molecule has 19 heavy (non-hydrogen) atoms. The third kappa shape index (κ3) is 6.18. The number of aliphatic hydroxyl groups excluding tert-OH is 1. The van der Waals surface area contributed by atoms with Crippen molar-refractivity contribution in [1.82, 2.24) is 4.90 Å². The van der Waals surface area contributed by atoms with Crippen LogP contribution in [0.15, 0.2) is 24.3 Å². The van der Waals surface area contributed by atoms with E-state index in [1.807, 2.05) is 30.9 Å². The number of anilines is 1. The summed E-state index contributed by atoms with van der Waals surface area (Å²) in [5.41, 5.74) is 6.33. The fourth-order valence-electron chi connectivity index (χ4n) is 1.73. The molecule has 0 heterocycles. The van der Waals surface area contributed by atoms with Crippen LogP contribution in [0.25, 0.3) is 0 Å². The van der Waals surface area contributed by atoms with Gasteiger partial charge in [-0.1, -0.05) is 6.07 Å². The molecule has 1 rings (SSSR count). The molecule has 2 atom stereocenters. The Balaban J connectivity index is 2.33. The molecule has 4 nitrogen and oxygen atoms in total. The minimum atomic E-state index is -0.504. The Hall–Kier alpha value is -0.910. The molecule has 1 aromatic rings. The van der Waals surface area contributed by atoms with Crippen molar-refractivity contribution in [2.45, 2.75) is 19.1 Å². The number of rotatable bonds is 8. The molecule has 0 aromatic heterocycles. The highest BCUT2D eigenvalue weighted by Crippen LogP contribution is 2.14. The molecular formula is C14H24N2O2S. The molecule has 0 amide bonds. The van der Waals surface area contributed by atoms with Gasteiger partial charge in [0.1, 0.15) is 18.5 Å². The Morgan fingerprint density at radius 1 is 1.47 bits per heavy atom. The van der Waals surface area contributed by atoms with Gasteiger partial charge >= 0.3 is 0 Å². The number of thioether (sulfide) groups is 1. The van der Waals surface area contributed by atoms with Crippen molar-refractivity contribution in [2.24, 2.45) is 0 Å². The van der Waals surface area contributed by atoms with Gasteiger partial charge in [0.15, 0.2) is 0 Å². The Morgan fingerprint density at radius 3 is 2.84 bits per heavy atom. The summed E-state index contributed by atoms with van der Waals surface area (Å²) in [6.07, 6.45) is 1.58. The summed E-state index contributed by atoms with van der Waals surface area (Å²) < 4.78 is 5.53. The molecule has 0 saturated carbocycles. The van der Waals surface area contributed by atoms with E-state index in [1.54, 1.807) is 12.1 Å². The Kier molecular flexibility index (Phi) is 7.05. The normalized spacial score (nSPS) is 14.4. The molecule has 0 aliphatic carbocycles. The molecule has 5 heteroatoms.